The van der Waals surface area contributed by atoms with Crippen LogP contribution in [0.4, 0.5) is 11.5 Å². The molecule has 3 heterocycles. The van der Waals surface area contributed by atoms with E-state index >= 15 is 0 Å². The van der Waals surface area contributed by atoms with Crippen LogP contribution in [0.1, 0.15) is 22.0 Å². The molecule has 0 spiro atoms. The van der Waals surface area contributed by atoms with Crippen molar-refractivity contribution in [1.29, 1.82) is 0 Å². The first kappa shape index (κ1) is 20.9. The van der Waals surface area contributed by atoms with Crippen molar-refractivity contribution in [2.75, 3.05) is 36.7 Å². The SMILES string of the molecule is CN(C)c1cc2c(cn1)SC[C@H](NC(=O)c1n[nH]c(Cc3ccccc3)n1)C(=O)N2C. The van der Waals surface area contributed by atoms with Crippen molar-refractivity contribution < 1.29 is 9.59 Å². The Kier molecular flexibility index (Phi) is 5.90. The number of likely N-dealkylation sites (N-methyl/N-ethyl adjacent to an activating group) is 1. The number of aromatic nitrogens is 4. The summed E-state index contributed by atoms with van der Waals surface area (Å²) < 4.78 is 0. The minimum absolute atomic E-state index is 0.0182. The van der Waals surface area contributed by atoms with Gasteiger partial charge in [-0.3, -0.25) is 14.7 Å². The van der Waals surface area contributed by atoms with E-state index in [2.05, 4.69) is 25.5 Å². The van der Waals surface area contributed by atoms with E-state index in [1.54, 1.807) is 18.1 Å². The minimum atomic E-state index is -0.700. The van der Waals surface area contributed by atoms with Gasteiger partial charge < -0.3 is 15.1 Å². The molecule has 0 bridgehead atoms. The Bertz CT molecular complexity index is 1100. The lowest BCUT2D eigenvalue weighted by Crippen LogP contribution is -2.48. The molecule has 0 aliphatic carbocycles. The van der Waals surface area contributed by atoms with Gasteiger partial charge in [0.25, 0.3) is 5.91 Å². The number of rotatable bonds is 5. The highest BCUT2D eigenvalue weighted by Gasteiger charge is 2.31. The second kappa shape index (κ2) is 8.76. The highest BCUT2D eigenvalue weighted by molar-refractivity contribution is 7.99. The molecular weight excluding hydrogens is 414 g/mol. The van der Waals surface area contributed by atoms with Gasteiger partial charge in [-0.05, 0) is 5.56 Å². The lowest BCUT2D eigenvalue weighted by atomic mass is 10.1. The van der Waals surface area contributed by atoms with Crippen LogP contribution in [-0.4, -0.2) is 64.9 Å². The zero-order valence-corrected chi connectivity index (χ0v) is 18.3. The maximum Gasteiger partial charge on any atom is 0.291 e. The number of hydrogen-bond donors (Lipinski definition) is 2. The topological polar surface area (TPSA) is 107 Å². The molecule has 0 saturated carbocycles. The molecule has 0 fully saturated rings. The van der Waals surface area contributed by atoms with E-state index in [4.69, 9.17) is 0 Å². The predicted molar refractivity (Wildman–Crippen MR) is 120 cm³/mol. The van der Waals surface area contributed by atoms with Gasteiger partial charge in [-0.15, -0.1) is 16.9 Å². The van der Waals surface area contributed by atoms with Crippen molar-refractivity contribution in [2.24, 2.45) is 0 Å². The number of carbonyl (C=O) groups excluding carboxylic acids is 2. The van der Waals surface area contributed by atoms with Gasteiger partial charge in [0.2, 0.25) is 11.7 Å². The van der Waals surface area contributed by atoms with Gasteiger partial charge in [-0.1, -0.05) is 30.3 Å². The fourth-order valence-electron chi connectivity index (χ4n) is 3.23. The number of nitrogens with one attached hydrogen (secondary N) is 2. The fraction of sp³-hybridized carbons (Fsp3) is 0.286. The molecule has 3 aromatic rings. The number of carbonyl (C=O) groups is 2. The Hall–Kier alpha value is -3.40. The maximum absolute atomic E-state index is 13.0. The van der Waals surface area contributed by atoms with Crippen molar-refractivity contribution in [3.8, 4) is 0 Å². The molecule has 10 heteroatoms. The van der Waals surface area contributed by atoms with Gasteiger partial charge in [0, 0.05) is 50.5 Å². The zero-order chi connectivity index (χ0) is 22.0. The summed E-state index contributed by atoms with van der Waals surface area (Å²) in [5.74, 6) is 1.07. The summed E-state index contributed by atoms with van der Waals surface area (Å²) in [6.07, 6.45) is 2.30. The Balaban J connectivity index is 1.46. The molecule has 1 atom stereocenters. The van der Waals surface area contributed by atoms with Crippen molar-refractivity contribution in [3.05, 3.63) is 59.8 Å². The van der Waals surface area contributed by atoms with Crippen LogP contribution in [0.25, 0.3) is 0 Å². The number of fused-ring (bicyclic) bond motifs is 1. The number of amides is 2. The maximum atomic E-state index is 13.0. The standard InChI is InChI=1S/C21H23N7O2S/c1-27(2)18-10-15-16(11-22-18)31-12-14(21(30)28(15)3)23-20(29)19-24-17(25-26-19)9-13-7-5-4-6-8-13/h4-8,10-11,14H,9,12H2,1-3H3,(H,23,29)(H,24,25,26)/t14-/m0/s1. The number of nitrogens with zero attached hydrogens (tertiary/aromatic N) is 5. The van der Waals surface area contributed by atoms with Crippen molar-refractivity contribution in [3.63, 3.8) is 0 Å². The Morgan fingerprint density at radius 1 is 1.32 bits per heavy atom. The highest BCUT2D eigenvalue weighted by atomic mass is 32.2. The average Bonchev–Trinajstić information content (AvgIpc) is 3.20. The van der Waals surface area contributed by atoms with E-state index < -0.39 is 11.9 Å². The van der Waals surface area contributed by atoms with E-state index in [9.17, 15) is 9.59 Å². The third kappa shape index (κ3) is 4.53. The van der Waals surface area contributed by atoms with E-state index in [1.165, 1.54) is 11.8 Å². The van der Waals surface area contributed by atoms with Gasteiger partial charge in [-0.2, -0.15) is 0 Å². The van der Waals surface area contributed by atoms with Crippen LogP contribution in [0.5, 0.6) is 0 Å². The largest absolute Gasteiger partial charge is 0.363 e. The van der Waals surface area contributed by atoms with Gasteiger partial charge in [0.15, 0.2) is 0 Å². The second-order valence-electron chi connectivity index (χ2n) is 7.41. The predicted octanol–water partition coefficient (Wildman–Crippen LogP) is 1.72. The summed E-state index contributed by atoms with van der Waals surface area (Å²) in [5.41, 5.74) is 1.83. The third-order valence-corrected chi connectivity index (χ3v) is 6.07. The van der Waals surface area contributed by atoms with E-state index in [1.807, 2.05) is 55.4 Å². The molecule has 1 aromatic carbocycles. The van der Waals surface area contributed by atoms with Crippen molar-refractivity contribution in [2.45, 2.75) is 17.4 Å². The fourth-order valence-corrected chi connectivity index (χ4v) is 4.27. The Morgan fingerprint density at radius 2 is 2.10 bits per heavy atom. The molecule has 0 radical (unpaired) electrons. The summed E-state index contributed by atoms with van der Waals surface area (Å²) in [5, 5.41) is 9.60. The molecule has 2 N–H and O–H groups in total. The lowest BCUT2D eigenvalue weighted by molar-refractivity contribution is -0.119. The molecule has 2 amide bonds. The number of pyridine rings is 1. The summed E-state index contributed by atoms with van der Waals surface area (Å²) in [6, 6.07) is 11.0. The summed E-state index contributed by atoms with van der Waals surface area (Å²) in [6.45, 7) is 0. The van der Waals surface area contributed by atoms with Gasteiger partial charge in [-0.25, -0.2) is 9.97 Å². The number of hydrogen-bond acceptors (Lipinski definition) is 7. The quantitative estimate of drug-likeness (QED) is 0.626. The highest BCUT2D eigenvalue weighted by Crippen LogP contribution is 2.35. The number of aromatic amines is 1. The molecule has 9 nitrogen and oxygen atoms in total. The van der Waals surface area contributed by atoms with Crippen LogP contribution >= 0.6 is 11.8 Å². The minimum Gasteiger partial charge on any atom is -0.363 e. The number of anilines is 2. The molecule has 1 aliphatic rings. The van der Waals surface area contributed by atoms with Gasteiger partial charge in [0.1, 0.15) is 17.7 Å². The Morgan fingerprint density at radius 3 is 2.84 bits per heavy atom. The first-order chi connectivity index (χ1) is 14.9. The van der Waals surface area contributed by atoms with Crippen molar-refractivity contribution in [1.82, 2.24) is 25.5 Å². The normalized spacial score (nSPS) is 15.9. The Labute approximate surface area is 184 Å². The molecule has 0 saturated heterocycles. The lowest BCUT2D eigenvalue weighted by Gasteiger charge is -2.22. The van der Waals surface area contributed by atoms with E-state index in [0.29, 0.717) is 18.0 Å². The van der Waals surface area contributed by atoms with Crippen molar-refractivity contribution >= 4 is 35.1 Å². The first-order valence-electron chi connectivity index (χ1n) is 9.76. The summed E-state index contributed by atoms with van der Waals surface area (Å²) in [7, 11) is 5.50. The van der Waals surface area contributed by atoms with Crippen LogP contribution < -0.4 is 15.1 Å². The molecule has 1 aliphatic heterocycles. The molecule has 31 heavy (non-hydrogen) atoms. The molecular formula is C21H23N7O2S. The average molecular weight is 438 g/mol. The number of H-pyrrole nitrogens is 1. The number of thioether (sulfide) groups is 1. The van der Waals surface area contributed by atoms with E-state index in [0.717, 1.165) is 22.0 Å². The second-order valence-corrected chi connectivity index (χ2v) is 8.47. The van der Waals surface area contributed by atoms with Crippen LogP contribution in [-0.2, 0) is 11.2 Å². The third-order valence-electron chi connectivity index (χ3n) is 4.94. The van der Waals surface area contributed by atoms with Gasteiger partial charge in [0.05, 0.1) is 5.69 Å². The monoisotopic (exact) mass is 437 g/mol. The van der Waals surface area contributed by atoms with Crippen LogP contribution in [0.3, 0.4) is 0 Å². The zero-order valence-electron chi connectivity index (χ0n) is 17.5. The molecule has 4 rings (SSSR count). The van der Waals surface area contributed by atoms with E-state index in [-0.39, 0.29) is 11.7 Å². The van der Waals surface area contributed by atoms with Crippen LogP contribution in [0.2, 0.25) is 0 Å². The number of benzene rings is 1. The molecule has 160 valence electrons. The summed E-state index contributed by atoms with van der Waals surface area (Å²) in [4.78, 5) is 38.8. The van der Waals surface area contributed by atoms with Crippen LogP contribution in [0, 0.1) is 0 Å². The molecule has 0 unspecified atom stereocenters. The molecule has 2 aromatic heterocycles. The first-order valence-corrected chi connectivity index (χ1v) is 10.7. The smallest absolute Gasteiger partial charge is 0.291 e. The van der Waals surface area contributed by atoms with Gasteiger partial charge >= 0.3 is 0 Å². The summed E-state index contributed by atoms with van der Waals surface area (Å²) >= 11 is 1.48. The van der Waals surface area contributed by atoms with Crippen LogP contribution in [0.15, 0.2) is 47.5 Å².